The molecule has 0 unspecified atom stereocenters. The Balaban J connectivity index is 1.84. The Morgan fingerprint density at radius 2 is 2.00 bits per heavy atom. The first kappa shape index (κ1) is 13.0. The molecule has 21 heavy (non-hydrogen) atoms. The first-order chi connectivity index (χ1) is 10.2. The molecule has 4 rings (SSSR count). The largest absolute Gasteiger partial charge is 0.486 e. The van der Waals surface area contributed by atoms with Gasteiger partial charge in [0.1, 0.15) is 19.0 Å². The summed E-state index contributed by atoms with van der Waals surface area (Å²) in [4.78, 5) is 9.01. The maximum atomic E-state index is 6.26. The molecule has 0 amide bonds. The van der Waals surface area contributed by atoms with Gasteiger partial charge in [0.25, 0.3) is 0 Å². The number of nitrogens with zero attached hydrogens (tertiary/aromatic N) is 2. The molecule has 3 heterocycles. The lowest BCUT2D eigenvalue weighted by molar-refractivity contribution is 0.172. The lowest BCUT2D eigenvalue weighted by Crippen LogP contribution is -2.15. The molecular formula is C14H12ClN3O2S. The van der Waals surface area contributed by atoms with Gasteiger partial charge in [0.15, 0.2) is 17.3 Å². The molecule has 0 aliphatic carbocycles. The molecule has 2 aliphatic heterocycles. The summed E-state index contributed by atoms with van der Waals surface area (Å²) in [7, 11) is 0. The van der Waals surface area contributed by atoms with Crippen LogP contribution in [0.5, 0.6) is 11.5 Å². The summed E-state index contributed by atoms with van der Waals surface area (Å²) < 4.78 is 11.1. The van der Waals surface area contributed by atoms with E-state index in [0.29, 0.717) is 41.4 Å². The zero-order valence-electron chi connectivity index (χ0n) is 11.1. The number of hydrogen-bond donors (Lipinski definition) is 1. The minimum absolute atomic E-state index is 0.499. The van der Waals surface area contributed by atoms with Gasteiger partial charge in [0.2, 0.25) is 0 Å². The monoisotopic (exact) mass is 321 g/mol. The Bertz CT molecular complexity index is 739. The van der Waals surface area contributed by atoms with E-state index in [1.54, 1.807) is 17.8 Å². The van der Waals surface area contributed by atoms with E-state index < -0.39 is 0 Å². The van der Waals surface area contributed by atoms with Gasteiger partial charge in [0.05, 0.1) is 10.7 Å². The number of fused-ring (bicyclic) bond motifs is 2. The van der Waals surface area contributed by atoms with Crippen molar-refractivity contribution in [3.05, 3.63) is 28.4 Å². The van der Waals surface area contributed by atoms with Gasteiger partial charge in [-0.15, -0.1) is 0 Å². The fourth-order valence-electron chi connectivity index (χ4n) is 2.45. The number of aromatic nitrogens is 2. The molecule has 0 atom stereocenters. The third-order valence-corrected chi connectivity index (χ3v) is 4.72. The number of hydrogen-bond acceptors (Lipinski definition) is 6. The molecule has 0 spiro atoms. The predicted molar refractivity (Wildman–Crippen MR) is 82.9 cm³/mol. The Kier molecular flexibility index (Phi) is 3.08. The highest BCUT2D eigenvalue weighted by Gasteiger charge is 2.21. The van der Waals surface area contributed by atoms with Crippen molar-refractivity contribution in [2.75, 3.05) is 18.9 Å². The zero-order valence-corrected chi connectivity index (χ0v) is 12.6. The van der Waals surface area contributed by atoms with Crippen molar-refractivity contribution in [2.45, 2.75) is 11.5 Å². The zero-order chi connectivity index (χ0) is 14.4. The number of benzene rings is 1. The third kappa shape index (κ3) is 2.18. The fourth-order valence-corrected chi connectivity index (χ4v) is 3.76. The van der Waals surface area contributed by atoms with E-state index in [0.717, 1.165) is 28.3 Å². The van der Waals surface area contributed by atoms with Crippen LogP contribution < -0.4 is 15.2 Å². The maximum absolute atomic E-state index is 6.26. The van der Waals surface area contributed by atoms with Crippen molar-refractivity contribution < 1.29 is 9.47 Å². The van der Waals surface area contributed by atoms with E-state index in [4.69, 9.17) is 26.8 Å². The standard InChI is InChI=1S/C14H12ClN3O2S/c15-9-3-7(4-11-12(9)20-2-1-19-11)14-17-10-6-21-5-8(10)13(16)18-14/h3-4H,1-2,5-6H2,(H2,16,17,18). The van der Waals surface area contributed by atoms with Crippen LogP contribution in [0.2, 0.25) is 5.02 Å². The van der Waals surface area contributed by atoms with Crippen molar-refractivity contribution in [1.29, 1.82) is 0 Å². The smallest absolute Gasteiger partial charge is 0.179 e. The van der Waals surface area contributed by atoms with E-state index in [-0.39, 0.29) is 0 Å². The van der Waals surface area contributed by atoms with Gasteiger partial charge in [-0.25, -0.2) is 9.97 Å². The van der Waals surface area contributed by atoms with E-state index in [1.165, 1.54) is 0 Å². The molecular weight excluding hydrogens is 310 g/mol. The van der Waals surface area contributed by atoms with Crippen molar-refractivity contribution in [3.63, 3.8) is 0 Å². The highest BCUT2D eigenvalue weighted by atomic mass is 35.5. The molecule has 1 aromatic heterocycles. The van der Waals surface area contributed by atoms with Gasteiger partial charge >= 0.3 is 0 Å². The van der Waals surface area contributed by atoms with E-state index in [2.05, 4.69) is 9.97 Å². The molecule has 0 saturated carbocycles. The quantitative estimate of drug-likeness (QED) is 0.871. The normalized spacial score (nSPS) is 15.9. The third-order valence-electron chi connectivity index (χ3n) is 3.46. The molecule has 2 aliphatic rings. The molecule has 0 radical (unpaired) electrons. The van der Waals surface area contributed by atoms with Crippen LogP contribution in [-0.4, -0.2) is 23.2 Å². The molecule has 2 aromatic rings. The summed E-state index contributed by atoms with van der Waals surface area (Å²) >= 11 is 8.05. The van der Waals surface area contributed by atoms with Gasteiger partial charge in [-0.05, 0) is 12.1 Å². The topological polar surface area (TPSA) is 70.3 Å². The van der Waals surface area contributed by atoms with Gasteiger partial charge < -0.3 is 15.2 Å². The second kappa shape index (κ2) is 4.96. The Morgan fingerprint density at radius 1 is 1.14 bits per heavy atom. The number of ether oxygens (including phenoxy) is 2. The Labute approximate surface area is 130 Å². The maximum Gasteiger partial charge on any atom is 0.179 e. The van der Waals surface area contributed by atoms with E-state index in [9.17, 15) is 0 Å². The van der Waals surface area contributed by atoms with Crippen LogP contribution in [0.1, 0.15) is 11.3 Å². The average Bonchev–Trinajstić information content (AvgIpc) is 2.96. The van der Waals surface area contributed by atoms with E-state index >= 15 is 0 Å². The predicted octanol–water partition coefficient (Wildman–Crippen LogP) is 2.90. The van der Waals surface area contributed by atoms with Gasteiger partial charge in [-0.2, -0.15) is 11.8 Å². The highest BCUT2D eigenvalue weighted by Crippen LogP contribution is 2.41. The number of nitrogen functional groups attached to an aromatic ring is 1. The van der Waals surface area contributed by atoms with Gasteiger partial charge in [-0.3, -0.25) is 0 Å². The number of rotatable bonds is 1. The molecule has 7 heteroatoms. The average molecular weight is 322 g/mol. The van der Waals surface area contributed by atoms with Crippen LogP contribution in [0, 0.1) is 0 Å². The second-order valence-electron chi connectivity index (χ2n) is 4.83. The summed E-state index contributed by atoms with van der Waals surface area (Å²) in [6.45, 7) is 1.02. The fraction of sp³-hybridized carbons (Fsp3) is 0.286. The highest BCUT2D eigenvalue weighted by molar-refractivity contribution is 7.98. The van der Waals surface area contributed by atoms with Crippen LogP contribution in [0.4, 0.5) is 5.82 Å². The summed E-state index contributed by atoms with van der Waals surface area (Å²) in [5.41, 5.74) is 8.88. The van der Waals surface area contributed by atoms with Crippen LogP contribution in [0.3, 0.4) is 0 Å². The first-order valence-corrected chi connectivity index (χ1v) is 8.08. The molecule has 0 saturated heterocycles. The number of halogens is 1. The second-order valence-corrected chi connectivity index (χ2v) is 6.23. The molecule has 2 N–H and O–H groups in total. The SMILES string of the molecule is Nc1nc(-c2cc(Cl)c3c(c2)OCCO3)nc2c1CSC2. The van der Waals surface area contributed by atoms with Crippen molar-refractivity contribution in [1.82, 2.24) is 9.97 Å². The number of anilines is 1. The summed E-state index contributed by atoms with van der Waals surface area (Å²) in [6.07, 6.45) is 0. The number of nitrogens with two attached hydrogens (primary N) is 1. The molecule has 5 nitrogen and oxygen atoms in total. The van der Waals surface area contributed by atoms with Crippen molar-refractivity contribution in [3.8, 4) is 22.9 Å². The van der Waals surface area contributed by atoms with Crippen LogP contribution in [0.15, 0.2) is 12.1 Å². The summed E-state index contributed by atoms with van der Waals surface area (Å²) in [5, 5.41) is 0.499. The lowest BCUT2D eigenvalue weighted by atomic mass is 10.1. The van der Waals surface area contributed by atoms with Gasteiger partial charge in [-0.1, -0.05) is 11.6 Å². The summed E-state index contributed by atoms with van der Waals surface area (Å²) in [5.74, 6) is 4.08. The minimum atomic E-state index is 0.499. The molecule has 108 valence electrons. The van der Waals surface area contributed by atoms with Crippen LogP contribution in [0.25, 0.3) is 11.4 Å². The van der Waals surface area contributed by atoms with Crippen LogP contribution in [-0.2, 0) is 11.5 Å². The first-order valence-electron chi connectivity index (χ1n) is 6.55. The Morgan fingerprint density at radius 3 is 2.90 bits per heavy atom. The molecule has 1 aromatic carbocycles. The van der Waals surface area contributed by atoms with Gasteiger partial charge in [0, 0.05) is 22.6 Å². The Hall–Kier alpha value is -1.66. The molecule has 0 bridgehead atoms. The van der Waals surface area contributed by atoms with E-state index in [1.807, 2.05) is 6.07 Å². The van der Waals surface area contributed by atoms with Crippen LogP contribution >= 0.6 is 23.4 Å². The van der Waals surface area contributed by atoms with Crippen molar-refractivity contribution >= 4 is 29.2 Å². The summed E-state index contributed by atoms with van der Waals surface area (Å²) in [6, 6.07) is 3.64. The lowest BCUT2D eigenvalue weighted by Gasteiger charge is -2.20. The van der Waals surface area contributed by atoms with Crippen molar-refractivity contribution in [2.24, 2.45) is 0 Å². The minimum Gasteiger partial charge on any atom is -0.486 e. The molecule has 0 fully saturated rings. The number of thioether (sulfide) groups is 1.